The van der Waals surface area contributed by atoms with E-state index in [4.69, 9.17) is 0 Å². The van der Waals surface area contributed by atoms with Crippen LogP contribution in [0.25, 0.3) is 0 Å². The topological polar surface area (TPSA) is 52.5 Å². The van der Waals surface area contributed by atoms with Crippen LogP contribution in [0, 0.1) is 34.5 Å². The van der Waals surface area contributed by atoms with E-state index in [0.29, 0.717) is 17.9 Å². The number of hydrogen-bond acceptors (Lipinski definition) is 3. The highest BCUT2D eigenvalue weighted by molar-refractivity contribution is 5.25. The van der Waals surface area contributed by atoms with Crippen LogP contribution >= 0.6 is 0 Å². The Bertz CT molecular complexity index is 560. The van der Waals surface area contributed by atoms with Crippen molar-refractivity contribution < 1.29 is 10.2 Å². The molecule has 0 amide bonds. The quantitative estimate of drug-likeness (QED) is 0.636. The monoisotopic (exact) mass is 347 g/mol. The lowest BCUT2D eigenvalue weighted by atomic mass is 9.43. The van der Waals surface area contributed by atoms with Crippen molar-refractivity contribution in [3.63, 3.8) is 0 Å². The predicted molar refractivity (Wildman–Crippen MR) is 101 cm³/mol. The summed E-state index contributed by atoms with van der Waals surface area (Å²) >= 11 is 0. The number of fused-ring (bicyclic) bond motifs is 5. The zero-order valence-corrected chi connectivity index (χ0v) is 16.5. The smallest absolute Gasteiger partial charge is 0.0836 e. The van der Waals surface area contributed by atoms with Crippen LogP contribution in [0.2, 0.25) is 0 Å². The lowest BCUT2D eigenvalue weighted by molar-refractivity contribution is -0.211. The van der Waals surface area contributed by atoms with Crippen molar-refractivity contribution in [3.05, 3.63) is 11.6 Å². The molecule has 3 heteroatoms. The second-order valence-corrected chi connectivity index (χ2v) is 9.95. The standard InChI is InChI=1S/C22H37NO2/c1-5-13-6-7-15-18-16(9-11-21(13,15)2)22(3)10-8-14(23-4)12-17(22)19(24)20(18)25/h5,14-20,23-25H,6-12H2,1-4H3/t14?,15?,16?,17?,18?,19-,20-,21-,22-/m1/s1. The van der Waals surface area contributed by atoms with Gasteiger partial charge < -0.3 is 15.5 Å². The van der Waals surface area contributed by atoms with Gasteiger partial charge in [0.05, 0.1) is 12.2 Å². The van der Waals surface area contributed by atoms with E-state index in [1.807, 2.05) is 7.05 Å². The fourth-order valence-electron chi connectivity index (χ4n) is 7.85. The average molecular weight is 348 g/mol. The molecule has 0 saturated heterocycles. The van der Waals surface area contributed by atoms with Gasteiger partial charge in [-0.3, -0.25) is 0 Å². The Hall–Kier alpha value is -0.380. The van der Waals surface area contributed by atoms with E-state index in [1.165, 1.54) is 38.5 Å². The molecule has 0 heterocycles. The first kappa shape index (κ1) is 18.0. The largest absolute Gasteiger partial charge is 0.390 e. The summed E-state index contributed by atoms with van der Waals surface area (Å²) in [6, 6.07) is 0.492. The van der Waals surface area contributed by atoms with E-state index in [9.17, 15) is 10.2 Å². The molecule has 0 aromatic rings. The molecule has 0 spiro atoms. The highest BCUT2D eigenvalue weighted by Gasteiger charge is 2.63. The summed E-state index contributed by atoms with van der Waals surface area (Å²) in [5.41, 5.74) is 2.04. The normalized spacial score (nSPS) is 57.0. The van der Waals surface area contributed by atoms with Crippen molar-refractivity contribution in [3.8, 4) is 0 Å². The second-order valence-electron chi connectivity index (χ2n) is 9.95. The summed E-state index contributed by atoms with van der Waals surface area (Å²) in [6.45, 7) is 7.05. The van der Waals surface area contributed by atoms with Gasteiger partial charge in [-0.15, -0.1) is 0 Å². The van der Waals surface area contributed by atoms with E-state index in [1.54, 1.807) is 5.57 Å². The molecule has 3 nitrogen and oxygen atoms in total. The van der Waals surface area contributed by atoms with Crippen molar-refractivity contribution in [1.82, 2.24) is 5.32 Å². The molecule has 0 aromatic heterocycles. The van der Waals surface area contributed by atoms with Gasteiger partial charge in [-0.1, -0.05) is 25.5 Å². The summed E-state index contributed by atoms with van der Waals surface area (Å²) in [7, 11) is 2.03. The molecule has 4 fully saturated rings. The zero-order chi connectivity index (χ0) is 18.0. The van der Waals surface area contributed by atoms with E-state index in [0.717, 1.165) is 6.42 Å². The molecule has 0 aliphatic heterocycles. The van der Waals surface area contributed by atoms with Crippen LogP contribution < -0.4 is 5.32 Å². The van der Waals surface area contributed by atoms with E-state index in [-0.39, 0.29) is 22.7 Å². The Morgan fingerprint density at radius 3 is 2.44 bits per heavy atom. The van der Waals surface area contributed by atoms with Crippen LogP contribution in [-0.2, 0) is 0 Å². The molecule has 0 radical (unpaired) electrons. The van der Waals surface area contributed by atoms with Gasteiger partial charge in [0.2, 0.25) is 0 Å². The molecule has 0 bridgehead atoms. The highest BCUT2D eigenvalue weighted by Crippen LogP contribution is 2.67. The zero-order valence-electron chi connectivity index (χ0n) is 16.5. The van der Waals surface area contributed by atoms with Crippen molar-refractivity contribution in [2.24, 2.45) is 34.5 Å². The number of hydrogen-bond donors (Lipinski definition) is 3. The lowest BCUT2D eigenvalue weighted by Crippen LogP contribution is -2.64. The van der Waals surface area contributed by atoms with Gasteiger partial charge in [0, 0.05) is 6.04 Å². The fraction of sp³-hybridized carbons (Fsp3) is 0.909. The van der Waals surface area contributed by atoms with Crippen LogP contribution in [-0.4, -0.2) is 35.5 Å². The molecule has 4 rings (SSSR count). The molecular formula is C22H37NO2. The van der Waals surface area contributed by atoms with E-state index in [2.05, 4.69) is 32.2 Å². The summed E-state index contributed by atoms with van der Waals surface area (Å²) in [5.74, 6) is 1.63. The summed E-state index contributed by atoms with van der Waals surface area (Å²) in [4.78, 5) is 0. The minimum Gasteiger partial charge on any atom is -0.390 e. The van der Waals surface area contributed by atoms with Gasteiger partial charge in [0.1, 0.15) is 0 Å². The lowest BCUT2D eigenvalue weighted by Gasteiger charge is -2.63. The maximum atomic E-state index is 11.2. The first-order valence-electron chi connectivity index (χ1n) is 10.6. The third kappa shape index (κ3) is 2.34. The van der Waals surface area contributed by atoms with E-state index >= 15 is 0 Å². The van der Waals surface area contributed by atoms with Gasteiger partial charge in [-0.2, -0.15) is 0 Å². The minimum absolute atomic E-state index is 0.191. The second kappa shape index (κ2) is 6.07. The van der Waals surface area contributed by atoms with Crippen molar-refractivity contribution in [2.75, 3.05) is 7.05 Å². The Morgan fingerprint density at radius 2 is 1.76 bits per heavy atom. The number of rotatable bonds is 1. The van der Waals surface area contributed by atoms with Gasteiger partial charge in [-0.05, 0) is 93.4 Å². The van der Waals surface area contributed by atoms with Crippen LogP contribution in [0.5, 0.6) is 0 Å². The third-order valence-electron chi connectivity index (χ3n) is 9.36. The van der Waals surface area contributed by atoms with Crippen molar-refractivity contribution in [2.45, 2.75) is 84.0 Å². The van der Waals surface area contributed by atoms with Crippen LogP contribution in [0.1, 0.15) is 65.7 Å². The first-order chi connectivity index (χ1) is 11.9. The Morgan fingerprint density at radius 1 is 1.00 bits per heavy atom. The first-order valence-corrected chi connectivity index (χ1v) is 10.6. The Kier molecular flexibility index (Phi) is 4.37. The molecule has 25 heavy (non-hydrogen) atoms. The Labute approximate surface area is 153 Å². The maximum Gasteiger partial charge on any atom is 0.0836 e. The molecule has 4 saturated carbocycles. The molecule has 4 aliphatic rings. The predicted octanol–water partition coefficient (Wildman–Crippen LogP) is 3.51. The molecule has 4 aliphatic carbocycles. The van der Waals surface area contributed by atoms with Crippen LogP contribution in [0.4, 0.5) is 0 Å². The van der Waals surface area contributed by atoms with Gasteiger partial charge in [0.25, 0.3) is 0 Å². The third-order valence-corrected chi connectivity index (χ3v) is 9.36. The molecular weight excluding hydrogens is 310 g/mol. The SMILES string of the molecule is CC=C1CCC2C3C(CC[C@]12C)[C@@]1(C)CCC(NC)CC1[C@@H](O)[C@@H]3O. The van der Waals surface area contributed by atoms with Crippen LogP contribution in [0.15, 0.2) is 11.6 Å². The van der Waals surface area contributed by atoms with Crippen molar-refractivity contribution >= 4 is 0 Å². The highest BCUT2D eigenvalue weighted by atomic mass is 16.3. The average Bonchev–Trinajstić information content (AvgIpc) is 2.95. The summed E-state index contributed by atoms with van der Waals surface area (Å²) in [6.07, 6.45) is 9.50. The number of aliphatic hydroxyl groups is 2. The molecule has 0 aromatic carbocycles. The summed E-state index contributed by atoms with van der Waals surface area (Å²) < 4.78 is 0. The van der Waals surface area contributed by atoms with Gasteiger partial charge in [-0.25, -0.2) is 0 Å². The van der Waals surface area contributed by atoms with Crippen molar-refractivity contribution in [1.29, 1.82) is 0 Å². The number of aliphatic hydroxyl groups excluding tert-OH is 2. The number of nitrogens with one attached hydrogen (secondary N) is 1. The minimum atomic E-state index is -0.556. The fourth-order valence-corrected chi connectivity index (χ4v) is 7.85. The van der Waals surface area contributed by atoms with Crippen LogP contribution in [0.3, 0.4) is 0 Å². The Balaban J connectivity index is 1.70. The van der Waals surface area contributed by atoms with E-state index < -0.39 is 12.2 Å². The molecule has 5 unspecified atom stereocenters. The van der Waals surface area contributed by atoms with Gasteiger partial charge >= 0.3 is 0 Å². The maximum absolute atomic E-state index is 11.2. The summed E-state index contributed by atoms with van der Waals surface area (Å²) in [5, 5.41) is 25.8. The molecule has 142 valence electrons. The molecule has 9 atom stereocenters. The number of allylic oxidation sites excluding steroid dienone is 2. The van der Waals surface area contributed by atoms with Gasteiger partial charge in [0.15, 0.2) is 0 Å². The molecule has 3 N–H and O–H groups in total.